The van der Waals surface area contributed by atoms with Crippen LogP contribution in [0.4, 0.5) is 10.1 Å². The summed E-state index contributed by atoms with van der Waals surface area (Å²) in [6.07, 6.45) is 0.483. The summed E-state index contributed by atoms with van der Waals surface area (Å²) in [5.41, 5.74) is 0.777. The molecule has 10 heteroatoms. The van der Waals surface area contributed by atoms with Crippen molar-refractivity contribution in [3.8, 4) is 0 Å². The number of anilines is 1. The van der Waals surface area contributed by atoms with E-state index in [0.29, 0.717) is 23.8 Å². The van der Waals surface area contributed by atoms with Gasteiger partial charge in [0, 0.05) is 12.1 Å². The Morgan fingerprint density at radius 1 is 1.38 bits per heavy atom. The number of esters is 1. The second-order valence-electron chi connectivity index (χ2n) is 5.50. The molecule has 26 heavy (non-hydrogen) atoms. The monoisotopic (exact) mass is 382 g/mol. The first-order valence-electron chi connectivity index (χ1n) is 7.75. The van der Waals surface area contributed by atoms with Crippen molar-refractivity contribution in [3.05, 3.63) is 29.6 Å². The van der Waals surface area contributed by atoms with Crippen LogP contribution in [0.2, 0.25) is 0 Å². The predicted molar refractivity (Wildman–Crippen MR) is 96.4 cm³/mol. The molecule has 1 unspecified atom stereocenters. The van der Waals surface area contributed by atoms with Crippen molar-refractivity contribution in [2.75, 3.05) is 24.1 Å². The smallest absolute Gasteiger partial charge is 0.340 e. The molecule has 1 fully saturated rings. The zero-order chi connectivity index (χ0) is 19.1. The van der Waals surface area contributed by atoms with E-state index in [1.54, 1.807) is 6.92 Å². The van der Waals surface area contributed by atoms with Gasteiger partial charge in [-0.2, -0.15) is 5.10 Å². The van der Waals surface area contributed by atoms with Gasteiger partial charge in [0.25, 0.3) is 0 Å². The fraction of sp³-hybridized carbons (Fsp3) is 0.375. The lowest BCUT2D eigenvalue weighted by molar-refractivity contribution is -0.118. The van der Waals surface area contributed by atoms with E-state index in [2.05, 4.69) is 24.9 Å². The van der Waals surface area contributed by atoms with Crippen molar-refractivity contribution in [1.29, 1.82) is 0 Å². The zero-order valence-electron chi connectivity index (χ0n) is 14.4. The van der Waals surface area contributed by atoms with Crippen LogP contribution < -0.4 is 10.6 Å². The van der Waals surface area contributed by atoms with Crippen molar-refractivity contribution in [2.24, 2.45) is 9.57 Å². The quantitative estimate of drug-likeness (QED) is 0.442. The lowest BCUT2D eigenvalue weighted by Crippen LogP contribution is -2.16. The number of carbonyl (C=O) groups is 3. The minimum Gasteiger partial charge on any atom is -0.465 e. The molecule has 2 N–H and O–H groups in total. The minimum absolute atomic E-state index is 0.0370. The Hall–Kier alpha value is -2.62. The average Bonchev–Trinajstić information content (AvgIpc) is 3.04. The molecule has 140 valence electrons. The van der Waals surface area contributed by atoms with Gasteiger partial charge in [0.15, 0.2) is 0 Å². The lowest BCUT2D eigenvalue weighted by atomic mass is 10.1. The number of methoxy groups -OCH3 is 1. The van der Waals surface area contributed by atoms with Crippen LogP contribution in [0.3, 0.4) is 0 Å². The Morgan fingerprint density at radius 2 is 2.15 bits per heavy atom. The van der Waals surface area contributed by atoms with Gasteiger partial charge in [-0.3, -0.25) is 9.59 Å². The van der Waals surface area contributed by atoms with Crippen molar-refractivity contribution in [1.82, 2.24) is 5.32 Å². The summed E-state index contributed by atoms with van der Waals surface area (Å²) in [4.78, 5) is 34.8. The number of nitrogens with one attached hydrogen (secondary N) is 2. The van der Waals surface area contributed by atoms with Gasteiger partial charge in [-0.25, -0.2) is 9.18 Å². The summed E-state index contributed by atoms with van der Waals surface area (Å²) < 4.78 is 22.0. The molecule has 0 aliphatic carbocycles. The largest absolute Gasteiger partial charge is 0.465 e. The first-order chi connectivity index (χ1) is 12.4. The highest BCUT2D eigenvalue weighted by Crippen LogP contribution is 2.18. The van der Waals surface area contributed by atoms with Gasteiger partial charge >= 0.3 is 5.97 Å². The number of hydrogen-bond donors (Lipinski definition) is 2. The van der Waals surface area contributed by atoms with Gasteiger partial charge in [0.05, 0.1) is 30.0 Å². The van der Waals surface area contributed by atoms with Gasteiger partial charge in [-0.05, 0) is 42.2 Å². The van der Waals surface area contributed by atoms with E-state index in [4.69, 9.17) is 0 Å². The number of amides is 2. The summed E-state index contributed by atoms with van der Waals surface area (Å²) in [5, 5.41) is 9.29. The first-order valence-corrected chi connectivity index (χ1v) is 9.27. The maximum absolute atomic E-state index is 13.3. The summed E-state index contributed by atoms with van der Waals surface area (Å²) in [6.45, 7) is 1.74. The van der Waals surface area contributed by atoms with Crippen LogP contribution in [-0.4, -0.2) is 42.2 Å². The van der Waals surface area contributed by atoms with Crippen LogP contribution in [0.1, 0.15) is 30.1 Å². The molecule has 0 radical (unpaired) electrons. The fourth-order valence-electron chi connectivity index (χ4n) is 2.06. The summed E-state index contributed by atoms with van der Waals surface area (Å²) in [5.74, 6) is -0.887. The van der Waals surface area contributed by atoms with Gasteiger partial charge in [-0.15, -0.1) is 4.47 Å². The Labute approximate surface area is 152 Å². The molecule has 1 aromatic rings. The van der Waals surface area contributed by atoms with E-state index < -0.39 is 22.5 Å². The molecule has 8 nitrogen and oxygen atoms in total. The Kier molecular flexibility index (Phi) is 6.96. The van der Waals surface area contributed by atoms with E-state index >= 15 is 0 Å². The number of carbonyl (C=O) groups excluding carboxylic acids is 3. The van der Waals surface area contributed by atoms with Crippen molar-refractivity contribution in [2.45, 2.75) is 19.8 Å². The van der Waals surface area contributed by atoms with E-state index in [1.807, 2.05) is 0 Å². The van der Waals surface area contributed by atoms with E-state index in [1.165, 1.54) is 13.2 Å². The molecule has 1 aliphatic heterocycles. The molecule has 1 aliphatic rings. The topological polar surface area (TPSA) is 109 Å². The Bertz CT molecular complexity index is 794. The summed E-state index contributed by atoms with van der Waals surface area (Å²) >= 11 is 0. The molecule has 0 saturated carbocycles. The molecular formula is C16H19FN4O4S. The van der Waals surface area contributed by atoms with Crippen LogP contribution >= 0.6 is 0 Å². The third kappa shape index (κ3) is 5.73. The Morgan fingerprint density at radius 3 is 2.81 bits per heavy atom. The molecule has 0 aromatic heterocycles. The summed E-state index contributed by atoms with van der Waals surface area (Å²) in [7, 11) is 0.731. The number of nitrogens with zero attached hydrogens (tertiary/aromatic N) is 2. The molecule has 1 atom stereocenters. The normalized spacial score (nSPS) is 17.1. The van der Waals surface area contributed by atoms with Crippen LogP contribution in [-0.2, 0) is 25.0 Å². The summed E-state index contributed by atoms with van der Waals surface area (Å²) in [6, 6.07) is 3.46. The second kappa shape index (κ2) is 9.18. The van der Waals surface area contributed by atoms with Crippen molar-refractivity contribution < 1.29 is 23.5 Å². The number of rotatable bonds is 6. The average molecular weight is 382 g/mol. The van der Waals surface area contributed by atoms with E-state index in [9.17, 15) is 18.8 Å². The standard InChI is InChI=1S/C16H19FN4O4S/c1-10(20-21-26-8-15(23)18-9-26)3-6-14(22)19-13-5-4-11(17)7-12(13)16(24)25-2/h4-5,7H,3,6,8-9H2,1-2H3,(H,18,23)(H,19,22)/b20-10+. The number of benzene rings is 1. The predicted octanol–water partition coefficient (Wildman–Crippen LogP) is 1.60. The maximum atomic E-state index is 13.3. The molecule has 2 amide bonds. The molecule has 0 bridgehead atoms. The zero-order valence-corrected chi connectivity index (χ0v) is 15.2. The molecule has 0 spiro atoms. The third-order valence-corrected chi connectivity index (χ3v) is 4.82. The highest BCUT2D eigenvalue weighted by molar-refractivity contribution is 7.88. The van der Waals surface area contributed by atoms with Crippen LogP contribution in [0.5, 0.6) is 0 Å². The highest BCUT2D eigenvalue weighted by atomic mass is 32.2. The van der Waals surface area contributed by atoms with Crippen LogP contribution in [0, 0.1) is 5.82 Å². The van der Waals surface area contributed by atoms with E-state index in [-0.39, 0.29) is 29.5 Å². The van der Waals surface area contributed by atoms with E-state index in [0.717, 1.165) is 12.1 Å². The second-order valence-corrected chi connectivity index (χ2v) is 7.16. The first kappa shape index (κ1) is 19.7. The van der Waals surface area contributed by atoms with Crippen molar-refractivity contribution >= 4 is 39.9 Å². The van der Waals surface area contributed by atoms with Crippen LogP contribution in [0.15, 0.2) is 27.8 Å². The molecule has 2 rings (SSSR count). The highest BCUT2D eigenvalue weighted by Gasteiger charge is 2.16. The molecule has 1 heterocycles. The van der Waals surface area contributed by atoms with Crippen molar-refractivity contribution in [3.63, 3.8) is 0 Å². The lowest BCUT2D eigenvalue weighted by Gasteiger charge is -2.09. The fourth-order valence-corrected chi connectivity index (χ4v) is 3.27. The molecular weight excluding hydrogens is 363 g/mol. The van der Waals surface area contributed by atoms with Gasteiger partial charge in [0.1, 0.15) is 5.82 Å². The number of ether oxygens (including phenoxy) is 1. The van der Waals surface area contributed by atoms with Gasteiger partial charge in [-0.1, -0.05) is 0 Å². The number of halogens is 1. The third-order valence-electron chi connectivity index (χ3n) is 3.44. The Balaban J connectivity index is 1.93. The molecule has 1 aromatic carbocycles. The minimum atomic E-state index is -0.739. The SMILES string of the molecule is COC(=O)c1cc(F)ccc1NC(=O)CC/C(C)=N/N=S1\CNC(=O)C1. The maximum Gasteiger partial charge on any atom is 0.340 e. The number of hydrogen-bond acceptors (Lipinski definition) is 5. The van der Waals surface area contributed by atoms with Crippen LogP contribution in [0.25, 0.3) is 0 Å². The van der Waals surface area contributed by atoms with Gasteiger partial charge < -0.3 is 15.4 Å². The van der Waals surface area contributed by atoms with Gasteiger partial charge in [0.2, 0.25) is 11.8 Å². The molecule has 1 saturated heterocycles.